The first-order valence-corrected chi connectivity index (χ1v) is 7.11. The van der Waals surface area contributed by atoms with Crippen molar-refractivity contribution in [1.82, 2.24) is 0 Å². The fourth-order valence-corrected chi connectivity index (χ4v) is 3.03. The van der Waals surface area contributed by atoms with E-state index in [4.69, 9.17) is 41.2 Å². The van der Waals surface area contributed by atoms with Crippen LogP contribution in [0, 0.1) is 0 Å². The minimum atomic E-state index is -0.326. The predicted molar refractivity (Wildman–Crippen MR) is 84.6 cm³/mol. The van der Waals surface area contributed by atoms with Gasteiger partial charge >= 0.3 is 0 Å². The van der Waals surface area contributed by atoms with Gasteiger partial charge < -0.3 is 11.1 Å². The summed E-state index contributed by atoms with van der Waals surface area (Å²) in [5.41, 5.74) is 7.15. The van der Waals surface area contributed by atoms with Crippen LogP contribution in [0.5, 0.6) is 0 Å². The SMILES string of the molecule is NC(=S)c1cccc(NC(=O)c2cc(Cl)sc2Cl)c1. The number of nitrogens with two attached hydrogens (primary N) is 1. The quantitative estimate of drug-likeness (QED) is 0.838. The van der Waals surface area contributed by atoms with E-state index in [1.54, 1.807) is 24.3 Å². The highest BCUT2D eigenvalue weighted by Crippen LogP contribution is 2.31. The molecular weight excluding hydrogens is 323 g/mol. The van der Waals surface area contributed by atoms with Gasteiger partial charge in [0.15, 0.2) is 0 Å². The van der Waals surface area contributed by atoms with Crippen molar-refractivity contribution in [2.45, 2.75) is 0 Å². The molecule has 3 N–H and O–H groups in total. The zero-order valence-electron chi connectivity index (χ0n) is 9.44. The summed E-state index contributed by atoms with van der Waals surface area (Å²) in [6.07, 6.45) is 0. The van der Waals surface area contributed by atoms with Gasteiger partial charge in [-0.05, 0) is 18.2 Å². The predicted octanol–water partition coefficient (Wildman–Crippen LogP) is 3.94. The summed E-state index contributed by atoms with van der Waals surface area (Å²) in [5, 5.41) is 2.72. The van der Waals surface area contributed by atoms with Gasteiger partial charge in [-0.25, -0.2) is 0 Å². The minimum absolute atomic E-state index is 0.271. The highest BCUT2D eigenvalue weighted by Gasteiger charge is 2.14. The number of halogens is 2. The Hall–Kier alpha value is -1.14. The summed E-state index contributed by atoms with van der Waals surface area (Å²) in [4.78, 5) is 12.3. The summed E-state index contributed by atoms with van der Waals surface area (Å²) in [6, 6.07) is 8.49. The minimum Gasteiger partial charge on any atom is -0.389 e. The Labute approximate surface area is 129 Å². The lowest BCUT2D eigenvalue weighted by molar-refractivity contribution is 0.102. The lowest BCUT2D eigenvalue weighted by atomic mass is 10.2. The summed E-state index contributed by atoms with van der Waals surface area (Å²) >= 11 is 17.7. The Morgan fingerprint density at radius 3 is 2.63 bits per heavy atom. The van der Waals surface area contributed by atoms with Crippen molar-refractivity contribution in [1.29, 1.82) is 0 Å². The number of anilines is 1. The third kappa shape index (κ3) is 3.45. The second-order valence-corrected chi connectivity index (χ2v) is 6.36. The molecule has 0 atom stereocenters. The molecule has 0 unspecified atom stereocenters. The molecule has 1 heterocycles. The zero-order chi connectivity index (χ0) is 14.0. The zero-order valence-corrected chi connectivity index (χ0v) is 12.6. The first-order chi connectivity index (χ1) is 8.97. The number of benzene rings is 1. The largest absolute Gasteiger partial charge is 0.389 e. The van der Waals surface area contributed by atoms with Gasteiger partial charge in [0.05, 0.1) is 9.90 Å². The maximum atomic E-state index is 12.0. The molecule has 0 saturated carbocycles. The maximum Gasteiger partial charge on any atom is 0.258 e. The van der Waals surface area contributed by atoms with Gasteiger partial charge in [-0.2, -0.15) is 0 Å². The lowest BCUT2D eigenvalue weighted by Gasteiger charge is -2.06. The molecule has 98 valence electrons. The molecule has 0 aliphatic carbocycles. The van der Waals surface area contributed by atoms with Crippen molar-refractivity contribution in [3.63, 3.8) is 0 Å². The van der Waals surface area contributed by atoms with E-state index in [9.17, 15) is 4.79 Å². The van der Waals surface area contributed by atoms with Crippen molar-refractivity contribution in [2.24, 2.45) is 5.73 Å². The van der Waals surface area contributed by atoms with E-state index in [0.29, 0.717) is 25.5 Å². The maximum absolute atomic E-state index is 12.0. The summed E-state index contributed by atoms with van der Waals surface area (Å²) in [7, 11) is 0. The molecule has 0 bridgehead atoms. The Morgan fingerprint density at radius 1 is 1.32 bits per heavy atom. The standard InChI is InChI=1S/C12H8Cl2N2OS2/c13-9-5-8(10(14)19-9)12(17)16-7-3-1-2-6(4-7)11(15)18/h1-5H,(H2,15,18)(H,16,17). The van der Waals surface area contributed by atoms with E-state index < -0.39 is 0 Å². The van der Waals surface area contributed by atoms with Gasteiger partial charge in [-0.1, -0.05) is 47.6 Å². The van der Waals surface area contributed by atoms with E-state index in [1.165, 1.54) is 6.07 Å². The third-order valence-corrected chi connectivity index (χ3v) is 4.03. The molecule has 3 nitrogen and oxygen atoms in total. The number of thiophene rings is 1. The average Bonchev–Trinajstić information content (AvgIpc) is 2.69. The van der Waals surface area contributed by atoms with Crippen molar-refractivity contribution in [3.05, 3.63) is 50.1 Å². The van der Waals surface area contributed by atoms with E-state index in [2.05, 4.69) is 5.32 Å². The third-order valence-electron chi connectivity index (χ3n) is 2.31. The van der Waals surface area contributed by atoms with Gasteiger partial charge in [-0.3, -0.25) is 4.79 Å². The second kappa shape index (κ2) is 5.88. The van der Waals surface area contributed by atoms with Crippen LogP contribution in [-0.2, 0) is 0 Å². The lowest BCUT2D eigenvalue weighted by Crippen LogP contribution is -2.13. The van der Waals surface area contributed by atoms with Gasteiger partial charge in [0, 0.05) is 11.3 Å². The molecule has 1 aromatic carbocycles. The van der Waals surface area contributed by atoms with Crippen molar-refractivity contribution >= 4 is 63.3 Å². The number of hydrogen-bond acceptors (Lipinski definition) is 3. The number of carbonyl (C=O) groups is 1. The average molecular weight is 331 g/mol. The Balaban J connectivity index is 2.21. The molecule has 0 fully saturated rings. The first kappa shape index (κ1) is 14.3. The highest BCUT2D eigenvalue weighted by molar-refractivity contribution is 7.80. The van der Waals surface area contributed by atoms with E-state index in [1.807, 2.05) is 0 Å². The van der Waals surface area contributed by atoms with E-state index in [0.717, 1.165) is 11.3 Å². The van der Waals surface area contributed by atoms with Gasteiger partial charge in [0.1, 0.15) is 9.32 Å². The molecule has 2 aromatic rings. The fourth-order valence-electron chi connectivity index (χ4n) is 1.44. The van der Waals surface area contributed by atoms with Crippen LogP contribution in [0.1, 0.15) is 15.9 Å². The van der Waals surface area contributed by atoms with Gasteiger partial charge in [0.2, 0.25) is 0 Å². The smallest absolute Gasteiger partial charge is 0.258 e. The molecular formula is C12H8Cl2N2OS2. The van der Waals surface area contributed by atoms with Crippen LogP contribution in [0.4, 0.5) is 5.69 Å². The molecule has 0 aliphatic heterocycles. The van der Waals surface area contributed by atoms with Crippen molar-refractivity contribution in [2.75, 3.05) is 5.32 Å². The molecule has 0 radical (unpaired) electrons. The Morgan fingerprint density at radius 2 is 2.05 bits per heavy atom. The Bertz CT molecular complexity index is 655. The fraction of sp³-hybridized carbons (Fsp3) is 0. The second-order valence-electron chi connectivity index (χ2n) is 3.64. The van der Waals surface area contributed by atoms with Crippen LogP contribution in [0.3, 0.4) is 0 Å². The number of amides is 1. The molecule has 2 rings (SSSR count). The van der Waals surface area contributed by atoms with Gasteiger partial charge in [-0.15, -0.1) is 11.3 Å². The van der Waals surface area contributed by atoms with Crippen LogP contribution in [-0.4, -0.2) is 10.9 Å². The molecule has 0 aliphatic rings. The number of rotatable bonds is 3. The first-order valence-electron chi connectivity index (χ1n) is 5.13. The number of hydrogen-bond donors (Lipinski definition) is 2. The molecule has 1 amide bonds. The van der Waals surface area contributed by atoms with Crippen molar-refractivity contribution < 1.29 is 4.79 Å². The molecule has 7 heteroatoms. The van der Waals surface area contributed by atoms with Crippen LogP contribution in [0.15, 0.2) is 30.3 Å². The molecule has 0 saturated heterocycles. The number of carbonyl (C=O) groups excluding carboxylic acids is 1. The molecule has 19 heavy (non-hydrogen) atoms. The molecule has 0 spiro atoms. The van der Waals surface area contributed by atoms with Crippen LogP contribution in [0.2, 0.25) is 8.67 Å². The summed E-state index contributed by atoms with van der Waals surface area (Å²) < 4.78 is 0.819. The topological polar surface area (TPSA) is 55.1 Å². The van der Waals surface area contributed by atoms with E-state index >= 15 is 0 Å². The summed E-state index contributed by atoms with van der Waals surface area (Å²) in [5.74, 6) is -0.326. The number of nitrogens with one attached hydrogen (secondary N) is 1. The molecule has 1 aromatic heterocycles. The summed E-state index contributed by atoms with van der Waals surface area (Å²) in [6.45, 7) is 0. The van der Waals surface area contributed by atoms with Gasteiger partial charge in [0.25, 0.3) is 5.91 Å². The van der Waals surface area contributed by atoms with Crippen molar-refractivity contribution in [3.8, 4) is 0 Å². The monoisotopic (exact) mass is 330 g/mol. The normalized spacial score (nSPS) is 10.2. The van der Waals surface area contributed by atoms with E-state index in [-0.39, 0.29) is 10.9 Å². The van der Waals surface area contributed by atoms with Crippen LogP contribution in [0.25, 0.3) is 0 Å². The Kier molecular flexibility index (Phi) is 4.42. The number of thiocarbonyl (C=S) groups is 1. The van der Waals surface area contributed by atoms with Crippen LogP contribution < -0.4 is 11.1 Å². The van der Waals surface area contributed by atoms with Crippen LogP contribution >= 0.6 is 46.8 Å². The highest BCUT2D eigenvalue weighted by atomic mass is 35.5.